The van der Waals surface area contributed by atoms with Crippen molar-refractivity contribution in [2.45, 2.75) is 20.5 Å². The zero-order valence-corrected chi connectivity index (χ0v) is 22.6. The van der Waals surface area contributed by atoms with E-state index in [9.17, 15) is 9.18 Å². The van der Waals surface area contributed by atoms with Crippen LogP contribution < -0.4 is 10.1 Å². The van der Waals surface area contributed by atoms with Crippen molar-refractivity contribution >= 4 is 50.5 Å². The van der Waals surface area contributed by atoms with Crippen molar-refractivity contribution in [2.75, 3.05) is 0 Å². The van der Waals surface area contributed by atoms with Gasteiger partial charge in [0.2, 0.25) is 0 Å². The second kappa shape index (κ2) is 10.8. The highest BCUT2D eigenvalue weighted by Crippen LogP contribution is 2.31. The summed E-state index contributed by atoms with van der Waals surface area (Å²) in [6.07, 6.45) is 1.88. The highest BCUT2D eigenvalue weighted by atomic mass is 79.9. The van der Waals surface area contributed by atoms with E-state index in [4.69, 9.17) is 4.74 Å². The number of hydrogen-bond donors (Lipinski definition) is 1. The summed E-state index contributed by atoms with van der Waals surface area (Å²) in [5, 5.41) is 3.25. The van der Waals surface area contributed by atoms with Gasteiger partial charge in [-0.3, -0.25) is 4.79 Å². The van der Waals surface area contributed by atoms with E-state index in [-0.39, 0.29) is 11.7 Å². The van der Waals surface area contributed by atoms with E-state index in [0.29, 0.717) is 22.4 Å². The Morgan fingerprint density at radius 2 is 1.73 bits per heavy atom. The summed E-state index contributed by atoms with van der Waals surface area (Å²) in [6, 6.07) is 23.9. The van der Waals surface area contributed by atoms with Crippen LogP contribution in [0.5, 0.6) is 5.75 Å². The average Bonchev–Trinajstić information content (AvgIpc) is 3.37. The molecule has 1 fully saturated rings. The number of rotatable bonds is 6. The van der Waals surface area contributed by atoms with Gasteiger partial charge in [-0.1, -0.05) is 28.1 Å². The first-order valence-corrected chi connectivity index (χ1v) is 13.2. The SMILES string of the molecule is Cc1cc(/C=C2\SC(=Nc3ccc(F)cc3)NC2=O)c(C)n1-c1ccc(OCc2ccc(Br)cc2)cc1. The fourth-order valence-electron chi connectivity index (χ4n) is 4.02. The van der Waals surface area contributed by atoms with Crippen LogP contribution in [-0.2, 0) is 11.4 Å². The molecule has 8 heteroatoms. The van der Waals surface area contributed by atoms with Crippen molar-refractivity contribution in [1.29, 1.82) is 0 Å². The summed E-state index contributed by atoms with van der Waals surface area (Å²) in [6.45, 7) is 4.57. The number of benzene rings is 3. The van der Waals surface area contributed by atoms with Gasteiger partial charge in [0.05, 0.1) is 10.6 Å². The molecule has 1 saturated heterocycles. The van der Waals surface area contributed by atoms with Crippen LogP contribution >= 0.6 is 27.7 Å². The lowest BCUT2D eigenvalue weighted by molar-refractivity contribution is -0.115. The maximum absolute atomic E-state index is 13.1. The molecule has 1 aromatic heterocycles. The third-order valence-corrected chi connectivity index (χ3v) is 7.32. The number of nitrogens with zero attached hydrogens (tertiary/aromatic N) is 2. The lowest BCUT2D eigenvalue weighted by Gasteiger charge is -2.11. The third kappa shape index (κ3) is 5.87. The van der Waals surface area contributed by atoms with Crippen LogP contribution in [0.15, 0.2) is 93.2 Å². The molecule has 0 atom stereocenters. The summed E-state index contributed by atoms with van der Waals surface area (Å²) in [5.41, 5.74) is 5.71. The molecule has 1 N–H and O–H groups in total. The van der Waals surface area contributed by atoms with Gasteiger partial charge in [-0.2, -0.15) is 0 Å². The first-order valence-electron chi connectivity index (χ1n) is 11.6. The van der Waals surface area contributed by atoms with Gasteiger partial charge >= 0.3 is 0 Å². The standard InChI is InChI=1S/C29H23BrFN3O2S/c1-18-15-21(16-27-28(35)33-29(37-27)32-24-9-7-23(31)8-10-24)19(2)34(18)25-11-13-26(14-12-25)36-17-20-3-5-22(30)6-4-20/h3-16H,17H2,1-2H3,(H,32,33,35)/b27-16-. The molecule has 186 valence electrons. The Bertz CT molecular complexity index is 1510. The number of amides is 1. The van der Waals surface area contributed by atoms with Crippen LogP contribution in [0, 0.1) is 19.7 Å². The minimum Gasteiger partial charge on any atom is -0.489 e. The monoisotopic (exact) mass is 575 g/mol. The van der Waals surface area contributed by atoms with Gasteiger partial charge in [-0.15, -0.1) is 0 Å². The molecule has 0 radical (unpaired) electrons. The quantitative estimate of drug-likeness (QED) is 0.243. The maximum atomic E-state index is 13.1. The molecule has 1 aliphatic rings. The third-order valence-electron chi connectivity index (χ3n) is 5.88. The second-order valence-corrected chi connectivity index (χ2v) is 10.5. The second-order valence-electron chi connectivity index (χ2n) is 8.53. The molecule has 1 aliphatic heterocycles. The smallest absolute Gasteiger partial charge is 0.264 e. The predicted octanol–water partition coefficient (Wildman–Crippen LogP) is 7.47. The largest absolute Gasteiger partial charge is 0.489 e. The molecule has 0 saturated carbocycles. The molecule has 2 heterocycles. The topological polar surface area (TPSA) is 55.6 Å². The predicted molar refractivity (Wildman–Crippen MR) is 151 cm³/mol. The molecule has 0 spiro atoms. The summed E-state index contributed by atoms with van der Waals surface area (Å²) < 4.78 is 22.3. The first kappa shape index (κ1) is 25.0. The average molecular weight is 576 g/mol. The van der Waals surface area contributed by atoms with Crippen molar-refractivity contribution in [3.05, 3.63) is 117 Å². The minimum absolute atomic E-state index is 0.206. The van der Waals surface area contributed by atoms with Crippen molar-refractivity contribution in [3.8, 4) is 11.4 Å². The van der Waals surface area contributed by atoms with E-state index in [1.807, 2.05) is 68.5 Å². The van der Waals surface area contributed by atoms with Crippen molar-refractivity contribution in [3.63, 3.8) is 0 Å². The number of amidine groups is 1. The summed E-state index contributed by atoms with van der Waals surface area (Å²) in [5.74, 6) is 0.261. The summed E-state index contributed by atoms with van der Waals surface area (Å²) >= 11 is 4.71. The normalized spacial score (nSPS) is 15.4. The maximum Gasteiger partial charge on any atom is 0.264 e. The highest BCUT2D eigenvalue weighted by Gasteiger charge is 2.24. The number of thioether (sulfide) groups is 1. The van der Waals surface area contributed by atoms with Gasteiger partial charge in [-0.25, -0.2) is 9.38 Å². The molecule has 0 bridgehead atoms. The zero-order valence-electron chi connectivity index (χ0n) is 20.2. The molecular formula is C29H23BrFN3O2S. The number of ether oxygens (including phenoxy) is 1. The first-order chi connectivity index (χ1) is 17.9. The molecule has 5 nitrogen and oxygen atoms in total. The van der Waals surface area contributed by atoms with E-state index in [2.05, 4.69) is 36.9 Å². The number of halogens is 2. The number of nitrogens with one attached hydrogen (secondary N) is 1. The highest BCUT2D eigenvalue weighted by molar-refractivity contribution is 9.10. The summed E-state index contributed by atoms with van der Waals surface area (Å²) in [7, 11) is 0. The minimum atomic E-state index is -0.328. The zero-order chi connectivity index (χ0) is 25.9. The van der Waals surface area contributed by atoms with E-state index >= 15 is 0 Å². The lowest BCUT2D eigenvalue weighted by atomic mass is 10.2. The number of aromatic nitrogens is 1. The molecule has 5 rings (SSSR count). The van der Waals surface area contributed by atoms with Crippen LogP contribution in [0.2, 0.25) is 0 Å². The molecule has 1 amide bonds. The van der Waals surface area contributed by atoms with Crippen molar-refractivity contribution < 1.29 is 13.9 Å². The van der Waals surface area contributed by atoms with Crippen LogP contribution in [0.1, 0.15) is 22.5 Å². The fourth-order valence-corrected chi connectivity index (χ4v) is 5.12. The lowest BCUT2D eigenvalue weighted by Crippen LogP contribution is -2.19. The Hall–Kier alpha value is -3.62. The van der Waals surface area contributed by atoms with Crippen LogP contribution in [0.4, 0.5) is 10.1 Å². The van der Waals surface area contributed by atoms with E-state index in [0.717, 1.165) is 38.4 Å². The Labute approximate surface area is 227 Å². The molecule has 0 unspecified atom stereocenters. The van der Waals surface area contributed by atoms with Crippen LogP contribution in [0.3, 0.4) is 0 Å². The Morgan fingerprint density at radius 3 is 2.43 bits per heavy atom. The van der Waals surface area contributed by atoms with Gasteiger partial charge in [0.1, 0.15) is 18.2 Å². The van der Waals surface area contributed by atoms with Gasteiger partial charge < -0.3 is 14.6 Å². The number of aliphatic imine (C=N–C) groups is 1. The number of carbonyl (C=O) groups is 1. The number of aryl methyl sites for hydroxylation is 1. The van der Waals surface area contributed by atoms with Gasteiger partial charge in [0, 0.05) is 21.5 Å². The van der Waals surface area contributed by atoms with Gasteiger partial charge in [0.15, 0.2) is 5.17 Å². The van der Waals surface area contributed by atoms with Crippen molar-refractivity contribution in [1.82, 2.24) is 9.88 Å². The van der Waals surface area contributed by atoms with E-state index < -0.39 is 0 Å². The van der Waals surface area contributed by atoms with E-state index in [1.54, 1.807) is 12.1 Å². The number of carbonyl (C=O) groups excluding carboxylic acids is 1. The Kier molecular flexibility index (Phi) is 7.30. The van der Waals surface area contributed by atoms with Crippen LogP contribution in [-0.4, -0.2) is 15.6 Å². The molecule has 37 heavy (non-hydrogen) atoms. The summed E-state index contributed by atoms with van der Waals surface area (Å²) in [4.78, 5) is 17.5. The Balaban J connectivity index is 1.31. The molecule has 0 aliphatic carbocycles. The van der Waals surface area contributed by atoms with Crippen LogP contribution in [0.25, 0.3) is 11.8 Å². The molecule has 4 aromatic rings. The van der Waals surface area contributed by atoms with Crippen molar-refractivity contribution in [2.24, 2.45) is 4.99 Å². The fraction of sp³-hybridized carbons (Fsp3) is 0.103. The molecule has 3 aromatic carbocycles. The van der Waals surface area contributed by atoms with E-state index in [1.165, 1.54) is 23.9 Å². The Morgan fingerprint density at radius 1 is 1.03 bits per heavy atom. The van der Waals surface area contributed by atoms with Gasteiger partial charge in [0.25, 0.3) is 5.91 Å². The van der Waals surface area contributed by atoms with Gasteiger partial charge in [-0.05, 0) is 110 Å². The molecular weight excluding hydrogens is 553 g/mol. The number of hydrogen-bond acceptors (Lipinski definition) is 4.